The second-order valence-electron chi connectivity index (χ2n) is 10.2. The summed E-state index contributed by atoms with van der Waals surface area (Å²) in [6.45, 7) is 11.0. The maximum Gasteiger partial charge on any atom is 0.417 e. The number of carbonyl (C=O) groups is 1. The maximum atomic E-state index is 13.7. The molecule has 5 rings (SSSR count). The molecule has 3 aromatic rings. The van der Waals surface area contributed by atoms with Crippen molar-refractivity contribution in [1.82, 2.24) is 14.8 Å². The molecule has 11 heteroatoms. The van der Waals surface area contributed by atoms with Gasteiger partial charge in [-0.1, -0.05) is 38.1 Å². The van der Waals surface area contributed by atoms with E-state index < -0.39 is 28.8 Å². The maximum absolute atomic E-state index is 13.7. The topological polar surface area (TPSA) is 80.9 Å². The first-order valence-electron chi connectivity index (χ1n) is 14.3. The number of benzene rings is 2. The van der Waals surface area contributed by atoms with Gasteiger partial charge in [0.1, 0.15) is 0 Å². The van der Waals surface area contributed by atoms with Crippen molar-refractivity contribution in [3.05, 3.63) is 81.8 Å². The number of morpholine rings is 1. The van der Waals surface area contributed by atoms with E-state index in [-0.39, 0.29) is 0 Å². The third-order valence-electron chi connectivity index (χ3n) is 7.33. The number of amides is 1. The number of hydrogen-bond acceptors (Lipinski definition) is 6. The first-order chi connectivity index (χ1) is 20.2. The number of piperazine rings is 1. The average molecular weight is 586 g/mol. The number of pyridine rings is 1. The fraction of sp³-hybridized carbons (Fsp3) is 0.419. The zero-order valence-electron chi connectivity index (χ0n) is 24.3. The number of hydrogen-bond donors (Lipinski definition) is 2. The lowest BCUT2D eigenvalue weighted by atomic mass is 10.0. The number of alkyl halides is 3. The Hall–Kier alpha value is -3.67. The van der Waals surface area contributed by atoms with Gasteiger partial charge in [0.15, 0.2) is 0 Å². The van der Waals surface area contributed by atoms with Crippen molar-refractivity contribution in [2.75, 3.05) is 69.7 Å². The Bertz CT molecular complexity index is 1410. The van der Waals surface area contributed by atoms with Gasteiger partial charge < -0.3 is 24.8 Å². The molecular weight excluding hydrogens is 547 g/mol. The van der Waals surface area contributed by atoms with Crippen molar-refractivity contribution >= 4 is 17.3 Å². The zero-order valence-corrected chi connectivity index (χ0v) is 24.3. The smallest absolute Gasteiger partial charge is 0.379 e. The molecule has 3 heterocycles. The second kappa shape index (κ2) is 14.0. The highest BCUT2D eigenvalue weighted by atomic mass is 19.4. The second-order valence-corrected chi connectivity index (χ2v) is 10.2. The number of halogens is 3. The third-order valence-corrected chi connectivity index (χ3v) is 7.33. The van der Waals surface area contributed by atoms with Crippen LogP contribution in [0.15, 0.2) is 59.5 Å². The molecule has 1 aromatic heterocycles. The SMILES string of the molecule is CC.CN1CCN(c2ccc(-c3cccc(CN4CCOCC4)c3)cc2NC(=O)c2c[nH]c(=O)cc2C(F)(F)F)CC1. The average Bonchev–Trinajstić information content (AvgIpc) is 2.99. The van der Waals surface area contributed by atoms with Crippen molar-refractivity contribution < 1.29 is 22.7 Å². The van der Waals surface area contributed by atoms with Crippen LogP contribution in [0.25, 0.3) is 11.1 Å². The van der Waals surface area contributed by atoms with Gasteiger partial charge in [-0.05, 0) is 41.9 Å². The molecular formula is C31H38F3N5O3. The van der Waals surface area contributed by atoms with Crippen LogP contribution in [0.5, 0.6) is 0 Å². The Labute approximate surface area is 244 Å². The van der Waals surface area contributed by atoms with Gasteiger partial charge in [-0.25, -0.2) is 0 Å². The molecule has 42 heavy (non-hydrogen) atoms. The molecule has 2 saturated heterocycles. The first kappa shape index (κ1) is 31.3. The van der Waals surface area contributed by atoms with Crippen LogP contribution in [0, 0.1) is 0 Å². The van der Waals surface area contributed by atoms with Crippen LogP contribution in [-0.2, 0) is 17.5 Å². The molecule has 8 nitrogen and oxygen atoms in total. The van der Waals surface area contributed by atoms with Gasteiger partial charge in [-0.2, -0.15) is 13.2 Å². The molecule has 2 aliphatic rings. The Kier molecular flexibility index (Phi) is 10.4. The summed E-state index contributed by atoms with van der Waals surface area (Å²) in [6, 6.07) is 14.2. The van der Waals surface area contributed by atoms with Crippen LogP contribution < -0.4 is 15.8 Å². The molecule has 2 fully saturated rings. The molecule has 2 aliphatic heterocycles. The lowest BCUT2D eigenvalue weighted by Crippen LogP contribution is -2.44. The molecule has 0 spiro atoms. The summed E-state index contributed by atoms with van der Waals surface area (Å²) in [5.74, 6) is -0.947. The summed E-state index contributed by atoms with van der Waals surface area (Å²) in [6.07, 6.45) is -4.04. The van der Waals surface area contributed by atoms with Gasteiger partial charge in [-0.15, -0.1) is 0 Å². The minimum atomic E-state index is -4.86. The first-order valence-corrected chi connectivity index (χ1v) is 14.3. The number of aromatic amines is 1. The van der Waals surface area contributed by atoms with Crippen molar-refractivity contribution in [2.24, 2.45) is 0 Å². The predicted octanol–water partition coefficient (Wildman–Crippen LogP) is 4.92. The van der Waals surface area contributed by atoms with Crippen LogP contribution in [0.1, 0.15) is 35.3 Å². The van der Waals surface area contributed by atoms with E-state index in [9.17, 15) is 22.8 Å². The summed E-state index contributed by atoms with van der Waals surface area (Å²) in [5, 5.41) is 2.72. The van der Waals surface area contributed by atoms with Crippen LogP contribution in [-0.4, -0.2) is 80.2 Å². The summed E-state index contributed by atoms with van der Waals surface area (Å²) in [4.78, 5) is 33.7. The van der Waals surface area contributed by atoms with Crippen molar-refractivity contribution in [3.63, 3.8) is 0 Å². The minimum Gasteiger partial charge on any atom is -0.379 e. The number of H-pyrrole nitrogens is 1. The molecule has 0 bridgehead atoms. The van der Waals surface area contributed by atoms with Crippen molar-refractivity contribution in [3.8, 4) is 11.1 Å². The Morgan fingerprint density at radius 3 is 2.33 bits per heavy atom. The number of likely N-dealkylation sites (N-methyl/N-ethyl adjacent to an activating group) is 1. The third kappa shape index (κ3) is 7.78. The van der Waals surface area contributed by atoms with Crippen LogP contribution in [0.2, 0.25) is 0 Å². The summed E-state index contributed by atoms with van der Waals surface area (Å²) < 4.78 is 46.5. The molecule has 226 valence electrons. The van der Waals surface area contributed by atoms with Gasteiger partial charge in [0.05, 0.1) is 35.7 Å². The van der Waals surface area contributed by atoms with E-state index in [1.54, 1.807) is 6.07 Å². The number of aromatic nitrogens is 1. The van der Waals surface area contributed by atoms with Crippen molar-refractivity contribution in [2.45, 2.75) is 26.6 Å². The molecule has 1 amide bonds. The minimum absolute atomic E-state index is 0.407. The van der Waals surface area contributed by atoms with Crippen molar-refractivity contribution in [1.29, 1.82) is 0 Å². The molecule has 2 aromatic carbocycles. The number of rotatable bonds is 6. The molecule has 0 radical (unpaired) electrons. The number of carbonyl (C=O) groups excluding carboxylic acids is 1. The molecule has 0 aliphatic carbocycles. The molecule has 0 atom stereocenters. The van der Waals surface area contributed by atoms with Gasteiger partial charge in [0, 0.05) is 58.1 Å². The van der Waals surface area contributed by atoms with E-state index in [1.807, 2.05) is 45.2 Å². The Morgan fingerprint density at radius 1 is 0.952 bits per heavy atom. The van der Waals surface area contributed by atoms with Gasteiger partial charge in [0.25, 0.3) is 5.91 Å². The quantitative estimate of drug-likeness (QED) is 0.428. The lowest BCUT2D eigenvalue weighted by Gasteiger charge is -2.35. The number of anilines is 2. The van der Waals surface area contributed by atoms with E-state index in [1.165, 1.54) is 0 Å². The van der Waals surface area contributed by atoms with Gasteiger partial charge in [0.2, 0.25) is 5.56 Å². The fourth-order valence-electron chi connectivity index (χ4n) is 5.09. The van der Waals surface area contributed by atoms with Crippen LogP contribution in [0.3, 0.4) is 0 Å². The normalized spacial score (nSPS) is 16.5. The number of nitrogens with zero attached hydrogens (tertiary/aromatic N) is 3. The van der Waals surface area contributed by atoms with Crippen LogP contribution in [0.4, 0.5) is 24.5 Å². The Balaban J connectivity index is 0.00000198. The van der Waals surface area contributed by atoms with Crippen LogP contribution >= 0.6 is 0 Å². The highest BCUT2D eigenvalue weighted by molar-refractivity contribution is 6.07. The predicted molar refractivity (Wildman–Crippen MR) is 159 cm³/mol. The summed E-state index contributed by atoms with van der Waals surface area (Å²) in [7, 11) is 2.03. The highest BCUT2D eigenvalue weighted by Gasteiger charge is 2.36. The van der Waals surface area contributed by atoms with E-state index in [4.69, 9.17) is 4.74 Å². The van der Waals surface area contributed by atoms with E-state index in [0.29, 0.717) is 38.1 Å². The number of nitrogens with one attached hydrogen (secondary N) is 2. The van der Waals surface area contributed by atoms with Gasteiger partial charge >= 0.3 is 6.18 Å². The zero-order chi connectivity index (χ0) is 30.3. The van der Waals surface area contributed by atoms with E-state index >= 15 is 0 Å². The fourth-order valence-corrected chi connectivity index (χ4v) is 5.09. The van der Waals surface area contributed by atoms with Gasteiger partial charge in [-0.3, -0.25) is 14.5 Å². The molecule has 0 unspecified atom stereocenters. The number of ether oxygens (including phenoxy) is 1. The lowest BCUT2D eigenvalue weighted by molar-refractivity contribution is -0.138. The highest BCUT2D eigenvalue weighted by Crippen LogP contribution is 2.35. The summed E-state index contributed by atoms with van der Waals surface area (Å²) in [5.41, 5.74) is 1.19. The van der Waals surface area contributed by atoms with E-state index in [0.717, 1.165) is 61.3 Å². The molecule has 0 saturated carbocycles. The largest absolute Gasteiger partial charge is 0.417 e. The monoisotopic (exact) mass is 585 g/mol. The Morgan fingerprint density at radius 2 is 1.64 bits per heavy atom. The standard InChI is InChI=1S/C29H32F3N5O3.C2H6/c1-35-7-9-37(10-8-35)26-6-5-22(21-4-2-3-20(15-21)19-36-11-13-40-14-12-36)16-25(26)34-28(39)23-18-33-27(38)17-24(23)29(30,31)32;1-2/h2-6,15-18H,7-14,19H2,1H3,(H,33,38)(H,34,39);1-2H3. The van der Waals surface area contributed by atoms with E-state index in [2.05, 4.69) is 37.1 Å². The molecule has 2 N–H and O–H groups in total. The summed E-state index contributed by atoms with van der Waals surface area (Å²) >= 11 is 0.